The van der Waals surface area contributed by atoms with Crippen LogP contribution in [0.25, 0.3) is 0 Å². The highest BCUT2D eigenvalue weighted by Crippen LogP contribution is 2.28. The first kappa shape index (κ1) is 16.2. The van der Waals surface area contributed by atoms with Crippen molar-refractivity contribution in [3.8, 4) is 0 Å². The van der Waals surface area contributed by atoms with Crippen LogP contribution < -0.4 is 10.5 Å². The van der Waals surface area contributed by atoms with Crippen LogP contribution in [0.5, 0.6) is 0 Å². The van der Waals surface area contributed by atoms with Crippen LogP contribution in [-0.4, -0.2) is 8.42 Å². The summed E-state index contributed by atoms with van der Waals surface area (Å²) in [6.45, 7) is 0. The average molecular weight is 442 g/mol. The van der Waals surface area contributed by atoms with Gasteiger partial charge in [-0.05, 0) is 46.3 Å². The van der Waals surface area contributed by atoms with Crippen molar-refractivity contribution < 1.29 is 17.2 Å². The predicted octanol–water partition coefficient (Wildman–Crippen LogP) is 3.87. The van der Waals surface area contributed by atoms with Gasteiger partial charge in [0.15, 0.2) is 0 Å². The summed E-state index contributed by atoms with van der Waals surface area (Å²) < 4.78 is 54.4. The smallest absolute Gasteiger partial charge is 0.264 e. The molecular formula is C12H8Br2F2N2O2S. The number of hydrogen-bond donors (Lipinski definition) is 2. The molecule has 21 heavy (non-hydrogen) atoms. The Morgan fingerprint density at radius 2 is 1.71 bits per heavy atom. The summed E-state index contributed by atoms with van der Waals surface area (Å²) in [5.74, 6) is -1.79. The minimum atomic E-state index is -4.31. The summed E-state index contributed by atoms with van der Waals surface area (Å²) in [7, 11) is -4.31. The van der Waals surface area contributed by atoms with E-state index in [1.165, 1.54) is 12.1 Å². The third kappa shape index (κ3) is 3.53. The van der Waals surface area contributed by atoms with Crippen molar-refractivity contribution in [3.63, 3.8) is 0 Å². The fourth-order valence-corrected chi connectivity index (χ4v) is 3.36. The van der Waals surface area contributed by atoms with Gasteiger partial charge in [0.1, 0.15) is 16.5 Å². The standard InChI is InChI=1S/C12H8Br2F2N2O2S/c13-6-1-2-8(15)11(3-6)18-21(19,20)12-5-10(17)7(14)4-9(12)16/h1-5,18H,17H2. The summed E-state index contributed by atoms with van der Waals surface area (Å²) in [5.41, 5.74) is 5.29. The molecule has 0 aromatic heterocycles. The number of rotatable bonds is 3. The van der Waals surface area contributed by atoms with Crippen molar-refractivity contribution >= 4 is 53.3 Å². The summed E-state index contributed by atoms with van der Waals surface area (Å²) in [4.78, 5) is -0.664. The number of nitrogens with two attached hydrogens (primary N) is 1. The zero-order valence-corrected chi connectivity index (χ0v) is 14.2. The van der Waals surface area contributed by atoms with Crippen molar-refractivity contribution in [2.75, 3.05) is 10.5 Å². The second-order valence-electron chi connectivity index (χ2n) is 4.03. The van der Waals surface area contributed by atoms with Gasteiger partial charge in [0.2, 0.25) is 0 Å². The molecule has 0 heterocycles. The zero-order chi connectivity index (χ0) is 15.8. The molecule has 9 heteroatoms. The number of nitrogens with one attached hydrogen (secondary N) is 1. The van der Waals surface area contributed by atoms with Gasteiger partial charge in [0.05, 0.1) is 5.69 Å². The quantitative estimate of drug-likeness (QED) is 0.710. The van der Waals surface area contributed by atoms with E-state index in [1.54, 1.807) is 0 Å². The monoisotopic (exact) mass is 440 g/mol. The second-order valence-corrected chi connectivity index (χ2v) is 7.45. The highest BCUT2D eigenvalue weighted by Gasteiger charge is 2.22. The lowest BCUT2D eigenvalue weighted by molar-refractivity contribution is 0.569. The second kappa shape index (κ2) is 5.90. The fourth-order valence-electron chi connectivity index (χ4n) is 1.53. The summed E-state index contributed by atoms with van der Waals surface area (Å²) in [5, 5.41) is 0. The van der Waals surface area contributed by atoms with Gasteiger partial charge in [-0.25, -0.2) is 17.2 Å². The molecular weight excluding hydrogens is 434 g/mol. The number of sulfonamides is 1. The Morgan fingerprint density at radius 3 is 2.38 bits per heavy atom. The van der Waals surface area contributed by atoms with Crippen LogP contribution in [0.1, 0.15) is 0 Å². The molecule has 0 aliphatic carbocycles. The topological polar surface area (TPSA) is 72.2 Å². The van der Waals surface area contributed by atoms with Crippen LogP contribution in [0.2, 0.25) is 0 Å². The third-order valence-electron chi connectivity index (χ3n) is 2.51. The molecule has 3 N–H and O–H groups in total. The van der Waals surface area contributed by atoms with Crippen LogP contribution >= 0.6 is 31.9 Å². The molecule has 2 aromatic rings. The Labute approximate surface area is 136 Å². The molecule has 0 unspecified atom stereocenters. The molecule has 0 atom stereocenters. The molecule has 0 aliphatic rings. The number of hydrogen-bond acceptors (Lipinski definition) is 3. The van der Waals surface area contributed by atoms with Gasteiger partial charge >= 0.3 is 0 Å². The summed E-state index contributed by atoms with van der Waals surface area (Å²) in [6, 6.07) is 5.60. The van der Waals surface area contributed by atoms with Crippen molar-refractivity contribution in [3.05, 3.63) is 50.9 Å². The molecule has 2 rings (SSSR count). The third-order valence-corrected chi connectivity index (χ3v) is 5.07. The van der Waals surface area contributed by atoms with Crippen LogP contribution in [-0.2, 0) is 10.0 Å². The first-order chi connectivity index (χ1) is 9.70. The van der Waals surface area contributed by atoms with E-state index in [-0.39, 0.29) is 15.8 Å². The molecule has 0 bridgehead atoms. The van der Waals surface area contributed by atoms with Crippen LogP contribution in [0.3, 0.4) is 0 Å². The van der Waals surface area contributed by atoms with Gasteiger partial charge in [0, 0.05) is 14.6 Å². The highest BCUT2D eigenvalue weighted by atomic mass is 79.9. The lowest BCUT2D eigenvalue weighted by atomic mass is 10.3. The minimum absolute atomic E-state index is 0.0477. The van der Waals surface area contributed by atoms with Crippen molar-refractivity contribution in [1.29, 1.82) is 0 Å². The minimum Gasteiger partial charge on any atom is -0.398 e. The number of halogens is 4. The van der Waals surface area contributed by atoms with Crippen molar-refractivity contribution in [1.82, 2.24) is 0 Å². The van der Waals surface area contributed by atoms with E-state index in [0.717, 1.165) is 18.2 Å². The van der Waals surface area contributed by atoms with E-state index in [2.05, 4.69) is 31.9 Å². The molecule has 0 saturated heterocycles. The number of anilines is 2. The maximum atomic E-state index is 13.8. The van der Waals surface area contributed by atoms with Gasteiger partial charge < -0.3 is 5.73 Å². The SMILES string of the molecule is Nc1cc(S(=O)(=O)Nc2cc(Br)ccc2F)c(F)cc1Br. The van der Waals surface area contributed by atoms with E-state index in [9.17, 15) is 17.2 Å². The zero-order valence-electron chi connectivity index (χ0n) is 10.2. The van der Waals surface area contributed by atoms with E-state index < -0.39 is 26.6 Å². The first-order valence-electron chi connectivity index (χ1n) is 5.43. The van der Waals surface area contributed by atoms with Crippen LogP contribution in [0.15, 0.2) is 44.2 Å². The maximum Gasteiger partial charge on any atom is 0.264 e. The highest BCUT2D eigenvalue weighted by molar-refractivity contribution is 9.10. The lowest BCUT2D eigenvalue weighted by Gasteiger charge is -2.11. The molecule has 0 radical (unpaired) electrons. The van der Waals surface area contributed by atoms with E-state index in [1.807, 2.05) is 4.72 Å². The Balaban J connectivity index is 2.48. The fraction of sp³-hybridized carbons (Fsp3) is 0. The summed E-state index contributed by atoms with van der Waals surface area (Å²) >= 11 is 6.08. The Kier molecular flexibility index (Phi) is 4.54. The molecule has 0 fully saturated rings. The van der Waals surface area contributed by atoms with Crippen molar-refractivity contribution in [2.45, 2.75) is 4.90 Å². The maximum absolute atomic E-state index is 13.8. The average Bonchev–Trinajstić information content (AvgIpc) is 2.37. The Morgan fingerprint density at radius 1 is 1.05 bits per heavy atom. The van der Waals surface area contributed by atoms with Gasteiger partial charge in [0.25, 0.3) is 10.0 Å². The lowest BCUT2D eigenvalue weighted by Crippen LogP contribution is -2.16. The van der Waals surface area contributed by atoms with Gasteiger partial charge in [-0.3, -0.25) is 4.72 Å². The Bertz CT molecular complexity index is 813. The molecule has 112 valence electrons. The van der Waals surface area contributed by atoms with Crippen molar-refractivity contribution in [2.24, 2.45) is 0 Å². The molecule has 2 aromatic carbocycles. The van der Waals surface area contributed by atoms with Crippen LogP contribution in [0, 0.1) is 11.6 Å². The van der Waals surface area contributed by atoms with Gasteiger partial charge in [-0.15, -0.1) is 0 Å². The van der Waals surface area contributed by atoms with Gasteiger partial charge in [-0.1, -0.05) is 15.9 Å². The molecule has 4 nitrogen and oxygen atoms in total. The first-order valence-corrected chi connectivity index (χ1v) is 8.50. The normalized spacial score (nSPS) is 11.4. The molecule has 0 saturated carbocycles. The van der Waals surface area contributed by atoms with Gasteiger partial charge in [-0.2, -0.15) is 0 Å². The van der Waals surface area contributed by atoms with E-state index in [0.29, 0.717) is 4.47 Å². The molecule has 0 aliphatic heterocycles. The largest absolute Gasteiger partial charge is 0.398 e. The Hall–Kier alpha value is -1.19. The van der Waals surface area contributed by atoms with E-state index >= 15 is 0 Å². The van der Waals surface area contributed by atoms with E-state index in [4.69, 9.17) is 5.73 Å². The number of nitrogen functional groups attached to an aromatic ring is 1. The molecule has 0 spiro atoms. The predicted molar refractivity (Wildman–Crippen MR) is 83.4 cm³/mol. The molecule has 0 amide bonds. The number of benzene rings is 2. The summed E-state index contributed by atoms with van der Waals surface area (Å²) in [6.07, 6.45) is 0. The van der Waals surface area contributed by atoms with Crippen LogP contribution in [0.4, 0.5) is 20.2 Å².